The monoisotopic (exact) mass is 253 g/mol. The summed E-state index contributed by atoms with van der Waals surface area (Å²) in [6.45, 7) is 2.06. The van der Waals surface area contributed by atoms with E-state index in [4.69, 9.17) is 5.11 Å². The van der Waals surface area contributed by atoms with Crippen molar-refractivity contribution in [3.05, 3.63) is 0 Å². The zero-order valence-corrected chi connectivity index (χ0v) is 11.4. The maximum Gasteiger partial charge on any atom is 0.225 e. The molecule has 1 atom stereocenters. The second kappa shape index (κ2) is 7.13. The van der Waals surface area contributed by atoms with Crippen molar-refractivity contribution in [2.24, 2.45) is 11.8 Å². The molecule has 1 N–H and O–H groups in total. The number of rotatable bonds is 3. The fourth-order valence-electron chi connectivity index (χ4n) is 3.41. The number of likely N-dealkylation sites (tertiary alicyclic amines) is 1. The predicted octanol–water partition coefficient (Wildman–Crippen LogP) is 2.58. The molecule has 0 bridgehead atoms. The lowest BCUT2D eigenvalue weighted by Gasteiger charge is -2.25. The van der Waals surface area contributed by atoms with Crippen molar-refractivity contribution in [3.63, 3.8) is 0 Å². The van der Waals surface area contributed by atoms with Crippen molar-refractivity contribution in [2.45, 2.75) is 57.8 Å². The second-order valence-electron chi connectivity index (χ2n) is 5.99. The fourth-order valence-corrected chi connectivity index (χ4v) is 3.41. The van der Waals surface area contributed by atoms with Crippen LogP contribution >= 0.6 is 0 Å². The summed E-state index contributed by atoms with van der Waals surface area (Å²) in [6, 6.07) is 0. The molecule has 18 heavy (non-hydrogen) atoms. The van der Waals surface area contributed by atoms with Gasteiger partial charge in [0.15, 0.2) is 0 Å². The number of carbonyl (C=O) groups excluding carboxylic acids is 1. The van der Waals surface area contributed by atoms with Crippen LogP contribution in [-0.4, -0.2) is 35.6 Å². The number of nitrogens with zero attached hydrogens (tertiary/aromatic N) is 1. The van der Waals surface area contributed by atoms with Crippen molar-refractivity contribution in [1.82, 2.24) is 4.90 Å². The smallest absolute Gasteiger partial charge is 0.225 e. The SMILES string of the molecule is O=C(C1CCCCCCC1)N1CCC(CCO)C1. The van der Waals surface area contributed by atoms with Crippen molar-refractivity contribution >= 4 is 5.91 Å². The van der Waals surface area contributed by atoms with Crippen LogP contribution < -0.4 is 0 Å². The topological polar surface area (TPSA) is 40.5 Å². The van der Waals surface area contributed by atoms with Crippen molar-refractivity contribution in [1.29, 1.82) is 0 Å². The van der Waals surface area contributed by atoms with Gasteiger partial charge in [-0.1, -0.05) is 32.1 Å². The van der Waals surface area contributed by atoms with Gasteiger partial charge in [-0.25, -0.2) is 0 Å². The average Bonchev–Trinajstić information content (AvgIpc) is 2.77. The molecule has 3 nitrogen and oxygen atoms in total. The molecule has 1 saturated heterocycles. The molecule has 0 aromatic carbocycles. The molecular formula is C15H27NO2. The molecule has 1 aliphatic carbocycles. The van der Waals surface area contributed by atoms with E-state index in [1.807, 2.05) is 0 Å². The van der Waals surface area contributed by atoms with Gasteiger partial charge in [-0.3, -0.25) is 4.79 Å². The Morgan fingerprint density at radius 1 is 1.06 bits per heavy atom. The highest BCUT2D eigenvalue weighted by molar-refractivity contribution is 5.79. The Kier molecular flexibility index (Phi) is 5.48. The van der Waals surface area contributed by atoms with E-state index < -0.39 is 0 Å². The Morgan fingerprint density at radius 2 is 1.72 bits per heavy atom. The maximum absolute atomic E-state index is 12.5. The van der Waals surface area contributed by atoms with Crippen LogP contribution in [0.3, 0.4) is 0 Å². The van der Waals surface area contributed by atoms with E-state index in [9.17, 15) is 4.79 Å². The third kappa shape index (κ3) is 3.71. The molecule has 0 spiro atoms. The summed E-state index contributed by atoms with van der Waals surface area (Å²) in [4.78, 5) is 14.5. The molecule has 2 aliphatic rings. The largest absolute Gasteiger partial charge is 0.396 e. The molecule has 1 saturated carbocycles. The second-order valence-corrected chi connectivity index (χ2v) is 5.99. The Labute approximate surface area is 111 Å². The van der Waals surface area contributed by atoms with Crippen LogP contribution in [0, 0.1) is 11.8 Å². The summed E-state index contributed by atoms with van der Waals surface area (Å²) < 4.78 is 0. The lowest BCUT2D eigenvalue weighted by Crippen LogP contribution is -2.34. The van der Waals surface area contributed by atoms with Crippen molar-refractivity contribution < 1.29 is 9.90 Å². The van der Waals surface area contributed by atoms with E-state index in [1.54, 1.807) is 0 Å². The third-order valence-corrected chi connectivity index (χ3v) is 4.59. The highest BCUT2D eigenvalue weighted by atomic mass is 16.3. The molecular weight excluding hydrogens is 226 g/mol. The lowest BCUT2D eigenvalue weighted by atomic mass is 9.90. The van der Waals surface area contributed by atoms with Crippen LogP contribution in [0.4, 0.5) is 0 Å². The van der Waals surface area contributed by atoms with E-state index in [1.165, 1.54) is 32.1 Å². The number of amides is 1. The average molecular weight is 253 g/mol. The van der Waals surface area contributed by atoms with E-state index >= 15 is 0 Å². The summed E-state index contributed by atoms with van der Waals surface area (Å²) in [5, 5.41) is 8.97. The van der Waals surface area contributed by atoms with Gasteiger partial charge < -0.3 is 10.0 Å². The fraction of sp³-hybridized carbons (Fsp3) is 0.933. The zero-order valence-electron chi connectivity index (χ0n) is 11.4. The Bertz CT molecular complexity index is 259. The molecule has 0 aromatic rings. The van der Waals surface area contributed by atoms with Gasteiger partial charge in [0.25, 0.3) is 0 Å². The maximum atomic E-state index is 12.5. The standard InChI is InChI=1S/C15H27NO2/c17-11-9-13-8-10-16(12-13)15(18)14-6-4-2-1-3-5-7-14/h13-14,17H,1-12H2. The first-order valence-corrected chi connectivity index (χ1v) is 7.71. The Hall–Kier alpha value is -0.570. The quantitative estimate of drug-likeness (QED) is 0.840. The van der Waals surface area contributed by atoms with Gasteiger partial charge in [0, 0.05) is 25.6 Å². The van der Waals surface area contributed by atoms with Crippen LogP contribution in [0.25, 0.3) is 0 Å². The van der Waals surface area contributed by atoms with Crippen LogP contribution in [-0.2, 0) is 4.79 Å². The van der Waals surface area contributed by atoms with E-state index in [2.05, 4.69) is 4.90 Å². The van der Waals surface area contributed by atoms with Crippen molar-refractivity contribution in [2.75, 3.05) is 19.7 Å². The minimum absolute atomic E-state index is 0.260. The van der Waals surface area contributed by atoms with Crippen LogP contribution in [0.15, 0.2) is 0 Å². The van der Waals surface area contributed by atoms with Crippen LogP contribution in [0.1, 0.15) is 57.8 Å². The molecule has 1 heterocycles. The Balaban J connectivity index is 1.82. The molecule has 1 aliphatic heterocycles. The number of hydrogen-bond donors (Lipinski definition) is 1. The number of aliphatic hydroxyl groups excluding tert-OH is 1. The van der Waals surface area contributed by atoms with Gasteiger partial charge in [0.2, 0.25) is 5.91 Å². The van der Waals surface area contributed by atoms with E-state index in [0.717, 1.165) is 38.8 Å². The summed E-state index contributed by atoms with van der Waals surface area (Å²) >= 11 is 0. The third-order valence-electron chi connectivity index (χ3n) is 4.59. The summed E-state index contributed by atoms with van der Waals surface area (Å²) in [5.41, 5.74) is 0. The van der Waals surface area contributed by atoms with Crippen LogP contribution in [0.2, 0.25) is 0 Å². The molecule has 2 fully saturated rings. The van der Waals surface area contributed by atoms with E-state index in [0.29, 0.717) is 11.8 Å². The molecule has 1 amide bonds. The molecule has 2 rings (SSSR count). The highest BCUT2D eigenvalue weighted by Crippen LogP contribution is 2.27. The summed E-state index contributed by atoms with van der Waals surface area (Å²) in [5.74, 6) is 1.23. The van der Waals surface area contributed by atoms with Crippen molar-refractivity contribution in [3.8, 4) is 0 Å². The first kappa shape index (κ1) is 13.9. The number of hydrogen-bond acceptors (Lipinski definition) is 2. The van der Waals surface area contributed by atoms with Gasteiger partial charge in [0.1, 0.15) is 0 Å². The van der Waals surface area contributed by atoms with Gasteiger partial charge in [-0.15, -0.1) is 0 Å². The molecule has 1 unspecified atom stereocenters. The number of aliphatic hydroxyl groups is 1. The zero-order chi connectivity index (χ0) is 12.8. The summed E-state index contributed by atoms with van der Waals surface area (Å²) in [7, 11) is 0. The first-order valence-electron chi connectivity index (χ1n) is 7.71. The van der Waals surface area contributed by atoms with Gasteiger partial charge in [-0.2, -0.15) is 0 Å². The lowest BCUT2D eigenvalue weighted by molar-refractivity contribution is -0.135. The van der Waals surface area contributed by atoms with E-state index in [-0.39, 0.29) is 12.5 Å². The first-order chi connectivity index (χ1) is 8.81. The normalized spacial score (nSPS) is 26.9. The minimum Gasteiger partial charge on any atom is -0.396 e. The Morgan fingerprint density at radius 3 is 2.39 bits per heavy atom. The predicted molar refractivity (Wildman–Crippen MR) is 72.2 cm³/mol. The van der Waals surface area contributed by atoms with Gasteiger partial charge >= 0.3 is 0 Å². The minimum atomic E-state index is 0.260. The highest BCUT2D eigenvalue weighted by Gasteiger charge is 2.30. The van der Waals surface area contributed by atoms with Gasteiger partial charge in [-0.05, 0) is 31.6 Å². The number of carbonyl (C=O) groups is 1. The van der Waals surface area contributed by atoms with Gasteiger partial charge in [0.05, 0.1) is 0 Å². The molecule has 104 valence electrons. The van der Waals surface area contributed by atoms with Crippen LogP contribution in [0.5, 0.6) is 0 Å². The summed E-state index contributed by atoms with van der Waals surface area (Å²) in [6.07, 6.45) is 10.5. The molecule has 3 heteroatoms. The molecule has 0 aromatic heterocycles. The molecule has 0 radical (unpaired) electrons.